The lowest BCUT2D eigenvalue weighted by molar-refractivity contribution is 1.08. The highest BCUT2D eigenvalue weighted by Crippen LogP contribution is 2.15. The smallest absolute Gasteiger partial charge is 0.145 e. The molecular formula is C14H13N3. The second-order valence-electron chi connectivity index (χ2n) is 3.79. The molecule has 0 aliphatic rings. The Morgan fingerprint density at radius 2 is 2.06 bits per heavy atom. The number of para-hydroxylation sites is 1. The molecule has 0 saturated carbocycles. The van der Waals surface area contributed by atoms with Crippen LogP contribution in [0, 0.1) is 18.3 Å². The van der Waals surface area contributed by atoms with E-state index in [4.69, 9.17) is 5.26 Å². The van der Waals surface area contributed by atoms with Crippen molar-refractivity contribution in [1.29, 1.82) is 5.26 Å². The van der Waals surface area contributed by atoms with E-state index in [-0.39, 0.29) is 0 Å². The van der Waals surface area contributed by atoms with Crippen LogP contribution in [0.1, 0.15) is 16.8 Å². The van der Waals surface area contributed by atoms with E-state index < -0.39 is 0 Å². The summed E-state index contributed by atoms with van der Waals surface area (Å²) < 4.78 is 0. The molecule has 0 atom stereocenters. The molecule has 17 heavy (non-hydrogen) atoms. The fourth-order valence-corrected chi connectivity index (χ4v) is 1.64. The van der Waals surface area contributed by atoms with E-state index in [0.29, 0.717) is 12.2 Å². The van der Waals surface area contributed by atoms with Gasteiger partial charge in [-0.25, -0.2) is 4.98 Å². The van der Waals surface area contributed by atoms with E-state index in [1.54, 1.807) is 6.20 Å². The van der Waals surface area contributed by atoms with E-state index in [1.165, 1.54) is 5.56 Å². The van der Waals surface area contributed by atoms with Crippen LogP contribution in [-0.2, 0) is 6.54 Å². The highest BCUT2D eigenvalue weighted by atomic mass is 14.9. The van der Waals surface area contributed by atoms with Gasteiger partial charge in [-0.3, -0.25) is 0 Å². The summed E-state index contributed by atoms with van der Waals surface area (Å²) in [5.41, 5.74) is 3.67. The monoisotopic (exact) mass is 223 g/mol. The second-order valence-corrected chi connectivity index (χ2v) is 3.79. The fourth-order valence-electron chi connectivity index (χ4n) is 1.64. The Bertz CT molecular complexity index is 555. The van der Waals surface area contributed by atoms with E-state index in [1.807, 2.05) is 30.3 Å². The van der Waals surface area contributed by atoms with Gasteiger partial charge in [0, 0.05) is 24.0 Å². The first kappa shape index (κ1) is 11.2. The van der Waals surface area contributed by atoms with Crippen molar-refractivity contribution < 1.29 is 0 Å². The van der Waals surface area contributed by atoms with Crippen LogP contribution in [0.25, 0.3) is 0 Å². The summed E-state index contributed by atoms with van der Waals surface area (Å²) in [5.74, 6) is 0. The molecule has 2 rings (SSSR count). The number of anilines is 1. The van der Waals surface area contributed by atoms with Gasteiger partial charge in [0.1, 0.15) is 11.8 Å². The molecule has 0 fully saturated rings. The predicted octanol–water partition coefficient (Wildman–Crippen LogP) is 2.87. The molecule has 0 aliphatic carbocycles. The summed E-state index contributed by atoms with van der Waals surface area (Å²) in [4.78, 5) is 4.03. The van der Waals surface area contributed by atoms with E-state index in [2.05, 4.69) is 29.4 Å². The number of aromatic nitrogens is 1. The van der Waals surface area contributed by atoms with Gasteiger partial charge in [0.25, 0.3) is 0 Å². The Hall–Kier alpha value is -2.34. The highest BCUT2D eigenvalue weighted by molar-refractivity contribution is 5.51. The molecule has 0 aliphatic heterocycles. The number of pyridine rings is 1. The quantitative estimate of drug-likeness (QED) is 0.870. The topological polar surface area (TPSA) is 48.7 Å². The average Bonchev–Trinajstić information content (AvgIpc) is 2.38. The summed E-state index contributed by atoms with van der Waals surface area (Å²) in [6.45, 7) is 2.67. The third-order valence-electron chi connectivity index (χ3n) is 2.61. The highest BCUT2D eigenvalue weighted by Gasteiger charge is 2.02. The first-order chi connectivity index (χ1) is 8.31. The van der Waals surface area contributed by atoms with Crippen LogP contribution in [0.15, 0.2) is 42.6 Å². The van der Waals surface area contributed by atoms with Gasteiger partial charge in [-0.1, -0.05) is 24.3 Å². The Balaban J connectivity index is 2.13. The number of hydrogen-bond acceptors (Lipinski definition) is 3. The third-order valence-corrected chi connectivity index (χ3v) is 2.61. The van der Waals surface area contributed by atoms with Gasteiger partial charge in [0.2, 0.25) is 0 Å². The Labute approximate surface area is 101 Å². The molecule has 2 aromatic rings. The molecular weight excluding hydrogens is 210 g/mol. The number of rotatable bonds is 3. The number of hydrogen-bond donors (Lipinski definition) is 1. The van der Waals surface area contributed by atoms with E-state index in [9.17, 15) is 0 Å². The van der Waals surface area contributed by atoms with Gasteiger partial charge in [-0.05, 0) is 24.6 Å². The van der Waals surface area contributed by atoms with Crippen LogP contribution in [0.5, 0.6) is 0 Å². The number of nitriles is 1. The van der Waals surface area contributed by atoms with E-state index in [0.717, 1.165) is 11.3 Å². The van der Waals surface area contributed by atoms with Crippen molar-refractivity contribution >= 4 is 5.69 Å². The van der Waals surface area contributed by atoms with Gasteiger partial charge in [0.15, 0.2) is 0 Å². The minimum absolute atomic E-state index is 0.480. The van der Waals surface area contributed by atoms with Gasteiger partial charge in [-0.15, -0.1) is 0 Å². The van der Waals surface area contributed by atoms with Crippen LogP contribution in [-0.4, -0.2) is 4.98 Å². The molecule has 1 aromatic heterocycles. The van der Waals surface area contributed by atoms with Crippen molar-refractivity contribution in [1.82, 2.24) is 4.98 Å². The van der Waals surface area contributed by atoms with Crippen molar-refractivity contribution in [3.63, 3.8) is 0 Å². The molecule has 1 heterocycles. The van der Waals surface area contributed by atoms with Crippen molar-refractivity contribution in [2.45, 2.75) is 13.5 Å². The number of benzene rings is 1. The van der Waals surface area contributed by atoms with Crippen LogP contribution in [0.3, 0.4) is 0 Å². The van der Waals surface area contributed by atoms with Crippen LogP contribution >= 0.6 is 0 Å². The molecule has 0 bridgehead atoms. The summed E-state index contributed by atoms with van der Waals surface area (Å²) in [5, 5.41) is 12.2. The standard InChI is InChI=1S/C14H13N3/c1-11-5-2-3-7-13(11)17-10-12-6-4-8-16-14(12)9-15/h2-8,17H,10H2,1H3. The SMILES string of the molecule is Cc1ccccc1NCc1cccnc1C#N. The lowest BCUT2D eigenvalue weighted by Gasteiger charge is -2.09. The normalized spacial score (nSPS) is 9.65. The van der Waals surface area contributed by atoms with Crippen LogP contribution in [0.4, 0.5) is 5.69 Å². The largest absolute Gasteiger partial charge is 0.381 e. The first-order valence-electron chi connectivity index (χ1n) is 5.45. The molecule has 1 aromatic carbocycles. The maximum Gasteiger partial charge on any atom is 0.145 e. The molecule has 0 unspecified atom stereocenters. The summed E-state index contributed by atoms with van der Waals surface area (Å²) in [6, 6.07) is 13.9. The first-order valence-corrected chi connectivity index (χ1v) is 5.45. The molecule has 3 nitrogen and oxygen atoms in total. The summed E-state index contributed by atoms with van der Waals surface area (Å²) >= 11 is 0. The van der Waals surface area contributed by atoms with Crippen LogP contribution < -0.4 is 5.32 Å². The Morgan fingerprint density at radius 3 is 2.82 bits per heavy atom. The molecule has 0 spiro atoms. The van der Waals surface area contributed by atoms with Gasteiger partial charge in [-0.2, -0.15) is 5.26 Å². The zero-order valence-electron chi connectivity index (χ0n) is 9.64. The Kier molecular flexibility index (Phi) is 3.37. The number of nitrogens with zero attached hydrogens (tertiary/aromatic N) is 2. The van der Waals surface area contributed by atoms with E-state index >= 15 is 0 Å². The van der Waals surface area contributed by atoms with Gasteiger partial charge < -0.3 is 5.32 Å². The maximum absolute atomic E-state index is 8.93. The molecule has 0 saturated heterocycles. The molecule has 3 heteroatoms. The second kappa shape index (κ2) is 5.13. The van der Waals surface area contributed by atoms with Crippen molar-refractivity contribution in [3.05, 3.63) is 59.4 Å². The van der Waals surface area contributed by atoms with Gasteiger partial charge in [0.05, 0.1) is 0 Å². The zero-order chi connectivity index (χ0) is 12.1. The van der Waals surface area contributed by atoms with Crippen LogP contribution in [0.2, 0.25) is 0 Å². The molecule has 84 valence electrons. The van der Waals surface area contributed by atoms with Gasteiger partial charge >= 0.3 is 0 Å². The third kappa shape index (κ3) is 2.61. The predicted molar refractivity (Wildman–Crippen MR) is 67.5 cm³/mol. The molecule has 0 amide bonds. The summed E-state index contributed by atoms with van der Waals surface area (Å²) in [6.07, 6.45) is 1.63. The fraction of sp³-hybridized carbons (Fsp3) is 0.143. The average molecular weight is 223 g/mol. The van der Waals surface area contributed by atoms with Crippen molar-refractivity contribution in [3.8, 4) is 6.07 Å². The zero-order valence-corrected chi connectivity index (χ0v) is 9.64. The lowest BCUT2D eigenvalue weighted by atomic mass is 10.1. The molecule has 0 radical (unpaired) electrons. The summed E-state index contributed by atoms with van der Waals surface area (Å²) in [7, 11) is 0. The number of nitrogens with one attached hydrogen (secondary N) is 1. The maximum atomic E-state index is 8.93. The molecule has 1 N–H and O–H groups in total. The lowest BCUT2D eigenvalue weighted by Crippen LogP contribution is -2.03. The minimum atomic E-state index is 0.480. The number of aryl methyl sites for hydroxylation is 1. The van der Waals surface area contributed by atoms with Crippen molar-refractivity contribution in [2.75, 3.05) is 5.32 Å². The van der Waals surface area contributed by atoms with Crippen molar-refractivity contribution in [2.24, 2.45) is 0 Å². The minimum Gasteiger partial charge on any atom is -0.381 e. The Morgan fingerprint density at radius 1 is 1.24 bits per heavy atom.